The summed E-state index contributed by atoms with van der Waals surface area (Å²) in [5.74, 6) is 0.851. The van der Waals surface area contributed by atoms with Gasteiger partial charge in [0.25, 0.3) is 5.91 Å². The minimum atomic E-state index is -0.0564. The van der Waals surface area contributed by atoms with Crippen LogP contribution in [-0.2, 0) is 5.54 Å². The molecule has 3 aromatic carbocycles. The van der Waals surface area contributed by atoms with Crippen molar-refractivity contribution in [1.29, 1.82) is 0 Å². The monoisotopic (exact) mass is 427 g/mol. The molecule has 5 heteroatoms. The SMILES string of the molecule is O=C1NC2(CC2)c2ccc(OCCCN3CCN(c4cccc5ccccc45)CC3)cc21. The molecule has 32 heavy (non-hydrogen) atoms. The largest absolute Gasteiger partial charge is 0.494 e. The molecular weight excluding hydrogens is 398 g/mol. The second kappa shape index (κ2) is 7.82. The maximum absolute atomic E-state index is 12.2. The van der Waals surface area contributed by atoms with Crippen molar-refractivity contribution in [1.82, 2.24) is 10.2 Å². The number of benzene rings is 3. The second-order valence-corrected chi connectivity index (χ2v) is 9.27. The second-order valence-electron chi connectivity index (χ2n) is 9.27. The summed E-state index contributed by atoms with van der Waals surface area (Å²) in [7, 11) is 0. The summed E-state index contributed by atoms with van der Waals surface area (Å²) in [6.45, 7) is 5.97. The smallest absolute Gasteiger partial charge is 0.252 e. The van der Waals surface area contributed by atoms with Crippen molar-refractivity contribution in [2.24, 2.45) is 0 Å². The average Bonchev–Trinajstić information content (AvgIpc) is 3.56. The molecule has 1 N–H and O–H groups in total. The number of piperazine rings is 1. The van der Waals surface area contributed by atoms with E-state index in [4.69, 9.17) is 4.74 Å². The van der Waals surface area contributed by atoms with Crippen molar-refractivity contribution < 1.29 is 9.53 Å². The third-order valence-electron chi connectivity index (χ3n) is 7.22. The maximum atomic E-state index is 12.2. The zero-order valence-electron chi connectivity index (χ0n) is 18.3. The van der Waals surface area contributed by atoms with Crippen LogP contribution >= 0.6 is 0 Å². The minimum absolute atomic E-state index is 0.0482. The predicted octanol–water partition coefficient (Wildman–Crippen LogP) is 4.16. The van der Waals surface area contributed by atoms with Crippen LogP contribution in [0.4, 0.5) is 5.69 Å². The number of nitrogens with one attached hydrogen (secondary N) is 1. The molecule has 3 aliphatic rings. The highest BCUT2D eigenvalue weighted by Crippen LogP contribution is 2.50. The molecule has 0 atom stereocenters. The first-order valence-electron chi connectivity index (χ1n) is 11.8. The molecule has 6 rings (SSSR count). The van der Waals surface area contributed by atoms with Gasteiger partial charge in [-0.2, -0.15) is 0 Å². The zero-order chi connectivity index (χ0) is 21.5. The van der Waals surface area contributed by atoms with Crippen molar-refractivity contribution in [3.05, 3.63) is 71.8 Å². The molecule has 5 nitrogen and oxygen atoms in total. The first-order valence-corrected chi connectivity index (χ1v) is 11.8. The number of nitrogens with zero attached hydrogens (tertiary/aromatic N) is 2. The van der Waals surface area contributed by atoms with Crippen molar-refractivity contribution >= 4 is 22.4 Å². The predicted molar refractivity (Wildman–Crippen MR) is 128 cm³/mol. The number of fused-ring (bicyclic) bond motifs is 3. The van der Waals surface area contributed by atoms with Crippen LogP contribution in [0.3, 0.4) is 0 Å². The number of carbonyl (C=O) groups excluding carboxylic acids is 1. The number of rotatable bonds is 6. The van der Waals surface area contributed by atoms with E-state index in [-0.39, 0.29) is 11.4 Å². The van der Waals surface area contributed by atoms with E-state index in [2.05, 4.69) is 63.6 Å². The summed E-state index contributed by atoms with van der Waals surface area (Å²) >= 11 is 0. The fraction of sp³-hybridized carbons (Fsp3) is 0.370. The Balaban J connectivity index is 0.991. The highest BCUT2D eigenvalue weighted by Gasteiger charge is 2.52. The third kappa shape index (κ3) is 3.51. The number of hydrogen-bond acceptors (Lipinski definition) is 4. The van der Waals surface area contributed by atoms with Crippen LogP contribution in [0.2, 0.25) is 0 Å². The van der Waals surface area contributed by atoms with E-state index in [9.17, 15) is 4.79 Å². The summed E-state index contributed by atoms with van der Waals surface area (Å²) in [6.07, 6.45) is 3.10. The Morgan fingerprint density at radius 3 is 2.59 bits per heavy atom. The number of hydrogen-bond donors (Lipinski definition) is 1. The number of carbonyl (C=O) groups is 1. The Bertz CT molecular complexity index is 1160. The van der Waals surface area contributed by atoms with Gasteiger partial charge < -0.3 is 15.0 Å². The molecule has 1 saturated carbocycles. The standard InChI is InChI=1S/C27H29N3O2/c31-26-23-19-21(9-10-24(23)27(28-26)11-12-27)32-18-4-13-29-14-16-30(17-15-29)25-8-3-6-20-5-1-2-7-22(20)25/h1-3,5-10,19H,4,11-18H2,(H,28,31). The van der Waals surface area contributed by atoms with Crippen molar-refractivity contribution in [2.45, 2.75) is 24.8 Å². The van der Waals surface area contributed by atoms with Crippen LogP contribution in [-0.4, -0.2) is 50.1 Å². The van der Waals surface area contributed by atoms with Gasteiger partial charge in [0.1, 0.15) is 5.75 Å². The number of ether oxygens (including phenoxy) is 1. The molecular formula is C27H29N3O2. The minimum Gasteiger partial charge on any atom is -0.494 e. The average molecular weight is 428 g/mol. The topological polar surface area (TPSA) is 44.8 Å². The Hall–Kier alpha value is -3.05. The molecule has 2 aliphatic heterocycles. The van der Waals surface area contributed by atoms with Gasteiger partial charge in [-0.05, 0) is 48.4 Å². The number of amides is 1. The first kappa shape index (κ1) is 19.6. The fourth-order valence-electron chi connectivity index (χ4n) is 5.26. The highest BCUT2D eigenvalue weighted by molar-refractivity contribution is 6.01. The first-order chi connectivity index (χ1) is 15.7. The molecule has 3 aromatic rings. The van der Waals surface area contributed by atoms with E-state index >= 15 is 0 Å². The maximum Gasteiger partial charge on any atom is 0.252 e. The summed E-state index contributed by atoms with van der Waals surface area (Å²) in [4.78, 5) is 17.3. The molecule has 0 bridgehead atoms. The molecule has 0 radical (unpaired) electrons. The van der Waals surface area contributed by atoms with E-state index in [0.29, 0.717) is 6.61 Å². The molecule has 1 aliphatic carbocycles. The van der Waals surface area contributed by atoms with Gasteiger partial charge in [0.2, 0.25) is 0 Å². The van der Waals surface area contributed by atoms with Crippen LogP contribution in [0, 0.1) is 0 Å². The lowest BCUT2D eigenvalue weighted by Crippen LogP contribution is -2.46. The Morgan fingerprint density at radius 2 is 1.75 bits per heavy atom. The fourth-order valence-corrected chi connectivity index (χ4v) is 5.26. The van der Waals surface area contributed by atoms with E-state index in [1.807, 2.05) is 12.1 Å². The molecule has 164 valence electrons. The van der Waals surface area contributed by atoms with E-state index in [1.165, 1.54) is 16.5 Å². The van der Waals surface area contributed by atoms with E-state index in [0.717, 1.165) is 68.9 Å². The van der Waals surface area contributed by atoms with Crippen LogP contribution in [0.1, 0.15) is 35.2 Å². The van der Waals surface area contributed by atoms with Crippen LogP contribution in [0.15, 0.2) is 60.7 Å². The summed E-state index contributed by atoms with van der Waals surface area (Å²) in [5, 5.41) is 5.77. The van der Waals surface area contributed by atoms with Crippen LogP contribution in [0.5, 0.6) is 5.75 Å². The molecule has 0 aromatic heterocycles. The molecule has 1 spiro atoms. The Labute approximate surface area is 189 Å². The molecule has 1 saturated heterocycles. The Morgan fingerprint density at radius 1 is 0.938 bits per heavy atom. The lowest BCUT2D eigenvalue weighted by atomic mass is 10.0. The highest BCUT2D eigenvalue weighted by atomic mass is 16.5. The van der Waals surface area contributed by atoms with E-state index < -0.39 is 0 Å². The van der Waals surface area contributed by atoms with Gasteiger partial charge in [0.15, 0.2) is 0 Å². The van der Waals surface area contributed by atoms with Gasteiger partial charge >= 0.3 is 0 Å². The summed E-state index contributed by atoms with van der Waals surface area (Å²) < 4.78 is 5.98. The molecule has 1 amide bonds. The zero-order valence-corrected chi connectivity index (χ0v) is 18.3. The Kier molecular flexibility index (Phi) is 4.80. The molecule has 2 heterocycles. The normalized spacial score (nSPS) is 19.2. The van der Waals surface area contributed by atoms with Gasteiger partial charge in [0, 0.05) is 49.4 Å². The lowest BCUT2D eigenvalue weighted by Gasteiger charge is -2.36. The van der Waals surface area contributed by atoms with Gasteiger partial charge in [0.05, 0.1) is 12.1 Å². The van der Waals surface area contributed by atoms with Crippen molar-refractivity contribution in [2.75, 3.05) is 44.2 Å². The number of anilines is 1. The van der Waals surface area contributed by atoms with Crippen molar-refractivity contribution in [3.63, 3.8) is 0 Å². The van der Waals surface area contributed by atoms with Gasteiger partial charge in [-0.3, -0.25) is 9.69 Å². The van der Waals surface area contributed by atoms with Crippen LogP contribution in [0.25, 0.3) is 10.8 Å². The summed E-state index contributed by atoms with van der Waals surface area (Å²) in [6, 6.07) is 21.2. The quantitative estimate of drug-likeness (QED) is 0.600. The van der Waals surface area contributed by atoms with E-state index in [1.54, 1.807) is 0 Å². The van der Waals surface area contributed by atoms with Crippen LogP contribution < -0.4 is 15.0 Å². The van der Waals surface area contributed by atoms with Gasteiger partial charge in [-0.25, -0.2) is 0 Å². The van der Waals surface area contributed by atoms with Crippen molar-refractivity contribution in [3.8, 4) is 5.75 Å². The lowest BCUT2D eigenvalue weighted by molar-refractivity contribution is 0.0952. The molecule has 2 fully saturated rings. The third-order valence-corrected chi connectivity index (χ3v) is 7.22. The molecule has 0 unspecified atom stereocenters. The summed E-state index contributed by atoms with van der Waals surface area (Å²) in [5.41, 5.74) is 3.24. The van der Waals surface area contributed by atoms with Gasteiger partial charge in [-0.1, -0.05) is 42.5 Å². The van der Waals surface area contributed by atoms with Gasteiger partial charge in [-0.15, -0.1) is 0 Å².